The number of para-hydroxylation sites is 1. The predicted molar refractivity (Wildman–Crippen MR) is 135 cm³/mol. The third-order valence-corrected chi connectivity index (χ3v) is 6.18. The van der Waals surface area contributed by atoms with E-state index in [-0.39, 0.29) is 11.4 Å². The summed E-state index contributed by atoms with van der Waals surface area (Å²) in [6, 6.07) is 24.8. The number of rotatable bonds is 8. The molecule has 172 valence electrons. The van der Waals surface area contributed by atoms with Gasteiger partial charge in [0.05, 0.1) is 11.5 Å². The van der Waals surface area contributed by atoms with Gasteiger partial charge in [-0.25, -0.2) is 0 Å². The second kappa shape index (κ2) is 10.9. The van der Waals surface area contributed by atoms with Crippen LogP contribution in [-0.4, -0.2) is 35.1 Å². The Morgan fingerprint density at radius 1 is 0.971 bits per heavy atom. The van der Waals surface area contributed by atoms with Gasteiger partial charge in [0.1, 0.15) is 12.3 Å². The van der Waals surface area contributed by atoms with Crippen LogP contribution in [0.25, 0.3) is 6.08 Å². The number of thioether (sulfide) groups is 1. The molecule has 3 amide bonds. The molecule has 0 saturated carbocycles. The fourth-order valence-electron chi connectivity index (χ4n) is 3.43. The summed E-state index contributed by atoms with van der Waals surface area (Å²) in [5, 5.41) is 2.29. The van der Waals surface area contributed by atoms with Crippen molar-refractivity contribution in [3.8, 4) is 5.75 Å². The zero-order valence-electron chi connectivity index (χ0n) is 18.7. The molecule has 0 bridgehead atoms. The first-order chi connectivity index (χ1) is 16.5. The second-order valence-corrected chi connectivity index (χ2v) is 8.78. The van der Waals surface area contributed by atoms with Gasteiger partial charge in [-0.15, -0.1) is 0 Å². The molecule has 0 spiro atoms. The SMILES string of the molecule is Cc1ccccc1NC(=O)CN1C(=O)SC(=Cc2ccc(OCCc3ccccc3)cc2)C1=O. The Labute approximate surface area is 202 Å². The Balaban J connectivity index is 1.33. The molecule has 0 unspecified atom stereocenters. The van der Waals surface area contributed by atoms with E-state index in [0.29, 0.717) is 12.3 Å². The van der Waals surface area contributed by atoms with Crippen molar-refractivity contribution in [2.24, 2.45) is 0 Å². The van der Waals surface area contributed by atoms with Crippen LogP contribution in [0.15, 0.2) is 83.8 Å². The van der Waals surface area contributed by atoms with Crippen molar-refractivity contribution >= 4 is 40.6 Å². The average Bonchev–Trinajstić information content (AvgIpc) is 3.09. The zero-order chi connectivity index (χ0) is 23.9. The summed E-state index contributed by atoms with van der Waals surface area (Å²) in [6.45, 7) is 2.11. The van der Waals surface area contributed by atoms with Crippen molar-refractivity contribution in [3.63, 3.8) is 0 Å². The Hall–Kier alpha value is -3.84. The van der Waals surface area contributed by atoms with E-state index in [4.69, 9.17) is 4.74 Å². The van der Waals surface area contributed by atoms with Gasteiger partial charge in [-0.3, -0.25) is 19.3 Å². The van der Waals surface area contributed by atoms with Gasteiger partial charge in [0.15, 0.2) is 0 Å². The fourth-order valence-corrected chi connectivity index (χ4v) is 4.26. The number of amides is 3. The van der Waals surface area contributed by atoms with Gasteiger partial charge in [-0.2, -0.15) is 0 Å². The largest absolute Gasteiger partial charge is 0.493 e. The van der Waals surface area contributed by atoms with E-state index in [1.165, 1.54) is 5.56 Å². The van der Waals surface area contributed by atoms with E-state index in [9.17, 15) is 14.4 Å². The van der Waals surface area contributed by atoms with Gasteiger partial charge in [-0.1, -0.05) is 60.7 Å². The maximum absolute atomic E-state index is 12.7. The van der Waals surface area contributed by atoms with Crippen LogP contribution >= 0.6 is 11.8 Å². The minimum absolute atomic E-state index is 0.284. The van der Waals surface area contributed by atoms with Gasteiger partial charge in [-0.05, 0) is 59.7 Å². The van der Waals surface area contributed by atoms with Crippen LogP contribution in [0.2, 0.25) is 0 Å². The number of hydrogen-bond donors (Lipinski definition) is 1. The smallest absolute Gasteiger partial charge is 0.294 e. The summed E-state index contributed by atoms with van der Waals surface area (Å²) in [4.78, 5) is 38.7. The Morgan fingerprint density at radius 3 is 2.41 bits per heavy atom. The van der Waals surface area contributed by atoms with Crippen molar-refractivity contribution in [1.29, 1.82) is 0 Å². The molecule has 1 fully saturated rings. The monoisotopic (exact) mass is 472 g/mol. The van der Waals surface area contributed by atoms with Crippen LogP contribution in [0.1, 0.15) is 16.7 Å². The molecule has 34 heavy (non-hydrogen) atoms. The lowest BCUT2D eigenvalue weighted by Gasteiger charge is -2.13. The van der Waals surface area contributed by atoms with E-state index >= 15 is 0 Å². The number of ether oxygens (including phenoxy) is 1. The van der Waals surface area contributed by atoms with Crippen LogP contribution in [0, 0.1) is 6.92 Å². The van der Waals surface area contributed by atoms with Crippen LogP contribution < -0.4 is 10.1 Å². The van der Waals surface area contributed by atoms with Crippen LogP contribution in [-0.2, 0) is 16.0 Å². The van der Waals surface area contributed by atoms with Crippen molar-refractivity contribution in [3.05, 3.63) is 100 Å². The van der Waals surface area contributed by atoms with E-state index in [0.717, 1.165) is 40.0 Å². The number of nitrogens with one attached hydrogen (secondary N) is 1. The number of anilines is 1. The van der Waals surface area contributed by atoms with E-state index in [1.807, 2.05) is 67.6 Å². The van der Waals surface area contributed by atoms with Crippen LogP contribution in [0.5, 0.6) is 5.75 Å². The standard InChI is InChI=1S/C27H24N2O4S/c1-19-7-5-6-10-23(19)28-25(30)18-29-26(31)24(34-27(29)32)17-21-11-13-22(14-12-21)33-16-15-20-8-3-2-4-9-20/h2-14,17H,15-16,18H2,1H3,(H,28,30). The molecule has 0 aliphatic carbocycles. The first-order valence-electron chi connectivity index (χ1n) is 10.9. The molecule has 1 N–H and O–H groups in total. The van der Waals surface area contributed by atoms with E-state index in [2.05, 4.69) is 17.4 Å². The molecule has 0 radical (unpaired) electrons. The second-order valence-electron chi connectivity index (χ2n) is 7.78. The molecule has 6 nitrogen and oxygen atoms in total. The van der Waals surface area contributed by atoms with Crippen molar-refractivity contribution in [1.82, 2.24) is 4.90 Å². The predicted octanol–water partition coefficient (Wildman–Crippen LogP) is 5.29. The van der Waals surface area contributed by atoms with Crippen molar-refractivity contribution < 1.29 is 19.1 Å². The number of aryl methyl sites for hydroxylation is 1. The number of carbonyl (C=O) groups is 3. The fraction of sp³-hybridized carbons (Fsp3) is 0.148. The maximum Gasteiger partial charge on any atom is 0.294 e. The first kappa shape index (κ1) is 23.3. The molecule has 3 aromatic rings. The lowest BCUT2D eigenvalue weighted by Crippen LogP contribution is -2.36. The molecule has 1 aliphatic rings. The van der Waals surface area contributed by atoms with Crippen molar-refractivity contribution in [2.45, 2.75) is 13.3 Å². The maximum atomic E-state index is 12.7. The van der Waals surface area contributed by atoms with Crippen molar-refractivity contribution in [2.75, 3.05) is 18.5 Å². The third kappa shape index (κ3) is 5.94. The molecular weight excluding hydrogens is 448 g/mol. The van der Waals surface area contributed by atoms with Gasteiger partial charge >= 0.3 is 0 Å². The highest BCUT2D eigenvalue weighted by atomic mass is 32.2. The summed E-state index contributed by atoms with van der Waals surface area (Å²) >= 11 is 0.831. The lowest BCUT2D eigenvalue weighted by atomic mass is 10.2. The number of hydrogen-bond acceptors (Lipinski definition) is 5. The van der Waals surface area contributed by atoms with Crippen LogP contribution in [0.4, 0.5) is 10.5 Å². The Morgan fingerprint density at radius 2 is 1.68 bits per heavy atom. The van der Waals surface area contributed by atoms with Gasteiger partial charge < -0.3 is 10.1 Å². The summed E-state index contributed by atoms with van der Waals surface area (Å²) in [7, 11) is 0. The molecule has 1 aliphatic heterocycles. The summed E-state index contributed by atoms with van der Waals surface area (Å²) in [5.74, 6) is -0.165. The minimum atomic E-state index is -0.474. The van der Waals surface area contributed by atoms with E-state index in [1.54, 1.807) is 12.1 Å². The highest BCUT2D eigenvalue weighted by Gasteiger charge is 2.36. The normalized spacial score (nSPS) is 14.5. The first-order valence-corrected chi connectivity index (χ1v) is 11.7. The molecule has 4 rings (SSSR count). The number of benzene rings is 3. The van der Waals surface area contributed by atoms with Gasteiger partial charge in [0.25, 0.3) is 11.1 Å². The minimum Gasteiger partial charge on any atom is -0.493 e. The number of nitrogens with zero attached hydrogens (tertiary/aromatic N) is 1. The highest BCUT2D eigenvalue weighted by molar-refractivity contribution is 8.18. The topological polar surface area (TPSA) is 75.7 Å². The highest BCUT2D eigenvalue weighted by Crippen LogP contribution is 2.32. The third-order valence-electron chi connectivity index (χ3n) is 5.27. The van der Waals surface area contributed by atoms with Gasteiger partial charge in [0.2, 0.25) is 5.91 Å². The molecule has 1 saturated heterocycles. The Kier molecular flexibility index (Phi) is 7.44. The molecule has 3 aromatic carbocycles. The van der Waals surface area contributed by atoms with Gasteiger partial charge in [0, 0.05) is 12.1 Å². The van der Waals surface area contributed by atoms with Crippen LogP contribution in [0.3, 0.4) is 0 Å². The zero-order valence-corrected chi connectivity index (χ0v) is 19.5. The Bertz CT molecular complexity index is 1220. The molecule has 0 aromatic heterocycles. The summed E-state index contributed by atoms with van der Waals surface area (Å²) in [6.07, 6.45) is 2.46. The summed E-state index contributed by atoms with van der Waals surface area (Å²) < 4.78 is 5.79. The van der Waals surface area contributed by atoms with E-state index < -0.39 is 17.1 Å². The average molecular weight is 473 g/mol. The summed E-state index contributed by atoms with van der Waals surface area (Å²) in [5.41, 5.74) is 3.53. The number of carbonyl (C=O) groups excluding carboxylic acids is 3. The number of imide groups is 1. The lowest BCUT2D eigenvalue weighted by molar-refractivity contribution is -0.127. The molecule has 0 atom stereocenters. The molecule has 7 heteroatoms. The molecular formula is C27H24N2O4S. The quantitative estimate of drug-likeness (QED) is 0.451. The molecule has 1 heterocycles.